The third kappa shape index (κ3) is 1.48. The van der Waals surface area contributed by atoms with Gasteiger partial charge in [0.25, 0.3) is 0 Å². The van der Waals surface area contributed by atoms with Gasteiger partial charge in [-0.05, 0) is 20.0 Å². The number of likely N-dealkylation sites (tertiary alicyclic amines) is 1. The third-order valence-corrected chi connectivity index (χ3v) is 2.07. The molecule has 3 nitrogen and oxygen atoms in total. The molecule has 0 aromatic carbocycles. The fourth-order valence-electron chi connectivity index (χ4n) is 1.10. The first-order valence-electron chi connectivity index (χ1n) is 3.51. The number of carbonyl (C=O) groups excluding carboxylic acids is 1. The number of rotatable bonds is 2. The molecular weight excluding hydrogens is 130 g/mol. The molecule has 3 heteroatoms. The van der Waals surface area contributed by atoms with Gasteiger partial charge in [0.05, 0.1) is 13.5 Å². The maximum Gasteiger partial charge on any atom is 0.307 e. The van der Waals surface area contributed by atoms with Gasteiger partial charge in [-0.3, -0.25) is 4.79 Å². The van der Waals surface area contributed by atoms with Crippen molar-refractivity contribution in [3.63, 3.8) is 0 Å². The minimum absolute atomic E-state index is 0.100. The lowest BCUT2D eigenvalue weighted by atomic mass is 10.0. The van der Waals surface area contributed by atoms with Gasteiger partial charge < -0.3 is 9.64 Å². The Kier molecular flexibility index (Phi) is 2.27. The first-order chi connectivity index (χ1) is 4.74. The molecule has 1 aliphatic heterocycles. The van der Waals surface area contributed by atoms with Crippen LogP contribution >= 0.6 is 0 Å². The van der Waals surface area contributed by atoms with E-state index >= 15 is 0 Å². The lowest BCUT2D eigenvalue weighted by molar-refractivity contribution is -0.143. The number of hydrogen-bond donors (Lipinski definition) is 0. The van der Waals surface area contributed by atoms with Crippen LogP contribution < -0.4 is 0 Å². The van der Waals surface area contributed by atoms with Gasteiger partial charge in [-0.25, -0.2) is 0 Å². The summed E-state index contributed by atoms with van der Waals surface area (Å²) in [7, 11) is 3.46. The van der Waals surface area contributed by atoms with Crippen LogP contribution in [0.2, 0.25) is 0 Å². The largest absolute Gasteiger partial charge is 0.469 e. The summed E-state index contributed by atoms with van der Waals surface area (Å²) >= 11 is 0. The van der Waals surface area contributed by atoms with Crippen molar-refractivity contribution >= 4 is 5.97 Å². The molecule has 58 valence electrons. The second-order valence-corrected chi connectivity index (χ2v) is 2.70. The standard InChI is InChI=1S/C7H13NO2/c1-8-4-3-6(8)5-7(9)10-2/h6H,3-5H2,1-2H3. The quantitative estimate of drug-likeness (QED) is 0.519. The highest BCUT2D eigenvalue weighted by molar-refractivity contribution is 5.70. The van der Waals surface area contributed by atoms with E-state index in [-0.39, 0.29) is 5.97 Å². The minimum atomic E-state index is -0.100. The van der Waals surface area contributed by atoms with Crippen LogP contribution in [0.4, 0.5) is 0 Å². The molecule has 0 aromatic rings. The van der Waals surface area contributed by atoms with Gasteiger partial charge in [0.2, 0.25) is 0 Å². The van der Waals surface area contributed by atoms with E-state index in [0.717, 1.165) is 13.0 Å². The molecule has 0 amide bonds. The monoisotopic (exact) mass is 143 g/mol. The molecular formula is C7H13NO2. The molecule has 1 aliphatic rings. The van der Waals surface area contributed by atoms with Gasteiger partial charge in [0.15, 0.2) is 0 Å². The predicted molar refractivity (Wildman–Crippen MR) is 37.7 cm³/mol. The number of methoxy groups -OCH3 is 1. The zero-order valence-corrected chi connectivity index (χ0v) is 6.46. The van der Waals surface area contributed by atoms with E-state index in [9.17, 15) is 4.79 Å². The van der Waals surface area contributed by atoms with Crippen molar-refractivity contribution in [2.24, 2.45) is 0 Å². The number of carbonyl (C=O) groups is 1. The van der Waals surface area contributed by atoms with E-state index in [4.69, 9.17) is 0 Å². The summed E-state index contributed by atoms with van der Waals surface area (Å²) in [6.45, 7) is 1.11. The van der Waals surface area contributed by atoms with Crippen LogP contribution in [0.15, 0.2) is 0 Å². The molecule has 0 saturated carbocycles. The van der Waals surface area contributed by atoms with Gasteiger partial charge in [-0.15, -0.1) is 0 Å². The highest BCUT2D eigenvalue weighted by atomic mass is 16.5. The van der Waals surface area contributed by atoms with E-state index in [0.29, 0.717) is 12.5 Å². The van der Waals surface area contributed by atoms with Gasteiger partial charge in [0.1, 0.15) is 0 Å². The first-order valence-corrected chi connectivity index (χ1v) is 3.51. The van der Waals surface area contributed by atoms with Crippen LogP contribution in [-0.4, -0.2) is 37.6 Å². The molecule has 0 aliphatic carbocycles. The lowest BCUT2D eigenvalue weighted by Crippen LogP contribution is -2.45. The Balaban J connectivity index is 2.19. The van der Waals surface area contributed by atoms with Gasteiger partial charge >= 0.3 is 5.97 Å². The summed E-state index contributed by atoms with van der Waals surface area (Å²) in [6, 6.07) is 0.437. The van der Waals surface area contributed by atoms with E-state index in [1.165, 1.54) is 7.11 Å². The van der Waals surface area contributed by atoms with Crippen LogP contribution in [0.25, 0.3) is 0 Å². The van der Waals surface area contributed by atoms with Crippen LogP contribution in [0.3, 0.4) is 0 Å². The Bertz CT molecular complexity index is 136. The van der Waals surface area contributed by atoms with Crippen molar-refractivity contribution < 1.29 is 9.53 Å². The summed E-state index contributed by atoms with van der Waals surface area (Å²) in [5.74, 6) is -0.100. The van der Waals surface area contributed by atoms with Crippen LogP contribution in [-0.2, 0) is 9.53 Å². The van der Waals surface area contributed by atoms with Crippen molar-refractivity contribution in [2.45, 2.75) is 18.9 Å². The number of ether oxygens (including phenoxy) is 1. The van der Waals surface area contributed by atoms with Gasteiger partial charge in [-0.1, -0.05) is 0 Å². The number of nitrogens with zero attached hydrogens (tertiary/aromatic N) is 1. The maximum absolute atomic E-state index is 10.7. The summed E-state index contributed by atoms with van der Waals surface area (Å²) in [5, 5.41) is 0. The molecule has 0 N–H and O–H groups in total. The second-order valence-electron chi connectivity index (χ2n) is 2.70. The highest BCUT2D eigenvalue weighted by Gasteiger charge is 2.26. The zero-order valence-electron chi connectivity index (χ0n) is 6.46. The van der Waals surface area contributed by atoms with Crippen molar-refractivity contribution in [1.29, 1.82) is 0 Å². The van der Waals surface area contributed by atoms with Gasteiger partial charge in [-0.2, -0.15) is 0 Å². The molecule has 1 fully saturated rings. The molecule has 1 atom stereocenters. The van der Waals surface area contributed by atoms with E-state index in [1.54, 1.807) is 0 Å². The molecule has 1 saturated heterocycles. The fourth-order valence-corrected chi connectivity index (χ4v) is 1.10. The van der Waals surface area contributed by atoms with E-state index in [1.807, 2.05) is 7.05 Å². The summed E-state index contributed by atoms with van der Waals surface area (Å²) in [6.07, 6.45) is 1.68. The SMILES string of the molecule is COC(=O)CC1CCN1C. The van der Waals surface area contributed by atoms with Crippen molar-refractivity contribution in [1.82, 2.24) is 4.90 Å². The topological polar surface area (TPSA) is 29.5 Å². The molecule has 10 heavy (non-hydrogen) atoms. The number of esters is 1. The second kappa shape index (κ2) is 3.01. The van der Waals surface area contributed by atoms with Crippen molar-refractivity contribution in [3.05, 3.63) is 0 Å². The van der Waals surface area contributed by atoms with Crippen molar-refractivity contribution in [3.8, 4) is 0 Å². The Hall–Kier alpha value is -0.570. The first kappa shape index (κ1) is 7.54. The lowest BCUT2D eigenvalue weighted by Gasteiger charge is -2.36. The van der Waals surface area contributed by atoms with E-state index < -0.39 is 0 Å². The molecule has 0 spiro atoms. The average molecular weight is 143 g/mol. The summed E-state index contributed by atoms with van der Waals surface area (Å²) in [4.78, 5) is 12.9. The average Bonchev–Trinajstić information content (AvgIpc) is 1.96. The molecule has 1 rings (SSSR count). The Morgan fingerprint density at radius 2 is 2.50 bits per heavy atom. The summed E-state index contributed by atoms with van der Waals surface area (Å²) in [5.41, 5.74) is 0. The summed E-state index contributed by atoms with van der Waals surface area (Å²) < 4.78 is 4.54. The van der Waals surface area contributed by atoms with E-state index in [2.05, 4.69) is 9.64 Å². The predicted octanol–water partition coefficient (Wildman–Crippen LogP) is 0.254. The van der Waals surface area contributed by atoms with Gasteiger partial charge in [0, 0.05) is 6.04 Å². The number of hydrogen-bond acceptors (Lipinski definition) is 3. The minimum Gasteiger partial charge on any atom is -0.469 e. The Morgan fingerprint density at radius 1 is 1.80 bits per heavy atom. The van der Waals surface area contributed by atoms with Crippen molar-refractivity contribution in [2.75, 3.05) is 20.7 Å². The molecule has 0 bridgehead atoms. The maximum atomic E-state index is 10.7. The Morgan fingerprint density at radius 3 is 2.80 bits per heavy atom. The molecule has 1 heterocycles. The van der Waals surface area contributed by atoms with Crippen LogP contribution in [0.1, 0.15) is 12.8 Å². The molecule has 0 aromatic heterocycles. The smallest absolute Gasteiger partial charge is 0.307 e. The fraction of sp³-hybridized carbons (Fsp3) is 0.857. The molecule has 0 radical (unpaired) electrons. The normalized spacial score (nSPS) is 25.6. The van der Waals surface area contributed by atoms with Crippen LogP contribution in [0, 0.1) is 0 Å². The third-order valence-electron chi connectivity index (χ3n) is 2.07. The van der Waals surface area contributed by atoms with Crippen LogP contribution in [0.5, 0.6) is 0 Å². The highest BCUT2D eigenvalue weighted by Crippen LogP contribution is 2.17. The molecule has 1 unspecified atom stereocenters. The zero-order chi connectivity index (χ0) is 7.56. The Labute approximate surface area is 61.0 Å².